The molecular formula is C20H28ClN5S. The fraction of sp³-hybridized carbons (Fsp3) is 0.600. The molecule has 146 valence electrons. The number of piperazine rings is 1. The summed E-state index contributed by atoms with van der Waals surface area (Å²) in [5, 5.41) is 5.40. The SMILES string of the molecule is Clc1ccc(CCN2CCN(c3nc(NC4CCCCC4)ns3)CC2)cc1. The fourth-order valence-electron chi connectivity index (χ4n) is 3.93. The maximum atomic E-state index is 5.96. The molecular weight excluding hydrogens is 378 g/mol. The fourth-order valence-corrected chi connectivity index (χ4v) is 4.75. The summed E-state index contributed by atoms with van der Waals surface area (Å²) in [5.74, 6) is 0.826. The number of nitrogens with zero attached hydrogens (tertiary/aromatic N) is 4. The standard InChI is InChI=1S/C20H28ClN5S/c21-17-8-6-16(7-9-17)10-11-25-12-14-26(15-13-25)20-23-19(24-27-20)22-18-4-2-1-3-5-18/h6-9,18H,1-5,10-15H2,(H,22,24). The zero-order valence-electron chi connectivity index (χ0n) is 15.7. The Morgan fingerprint density at radius 2 is 1.78 bits per heavy atom. The molecule has 1 aliphatic carbocycles. The molecule has 2 aromatic rings. The number of nitrogens with one attached hydrogen (secondary N) is 1. The van der Waals surface area contributed by atoms with Crippen LogP contribution in [0.25, 0.3) is 0 Å². The van der Waals surface area contributed by atoms with E-state index in [0.717, 1.165) is 55.2 Å². The molecule has 27 heavy (non-hydrogen) atoms. The monoisotopic (exact) mass is 405 g/mol. The first-order chi connectivity index (χ1) is 13.3. The second-order valence-corrected chi connectivity index (χ2v) is 8.75. The quantitative estimate of drug-likeness (QED) is 0.776. The topological polar surface area (TPSA) is 44.3 Å². The van der Waals surface area contributed by atoms with Gasteiger partial charge in [-0.25, -0.2) is 0 Å². The lowest BCUT2D eigenvalue weighted by atomic mass is 9.96. The first-order valence-electron chi connectivity index (χ1n) is 10.1. The molecule has 0 atom stereocenters. The summed E-state index contributed by atoms with van der Waals surface area (Å²) in [6.45, 7) is 5.31. The van der Waals surface area contributed by atoms with E-state index in [0.29, 0.717) is 6.04 Å². The van der Waals surface area contributed by atoms with Gasteiger partial charge in [-0.2, -0.15) is 9.36 Å². The Balaban J connectivity index is 1.22. The molecule has 1 aliphatic heterocycles. The van der Waals surface area contributed by atoms with Gasteiger partial charge in [0.15, 0.2) is 0 Å². The normalized spacial score (nSPS) is 19.4. The summed E-state index contributed by atoms with van der Waals surface area (Å²) in [7, 11) is 0. The summed E-state index contributed by atoms with van der Waals surface area (Å²) >= 11 is 7.49. The highest BCUT2D eigenvalue weighted by molar-refractivity contribution is 7.09. The van der Waals surface area contributed by atoms with Crippen molar-refractivity contribution < 1.29 is 0 Å². The van der Waals surface area contributed by atoms with Gasteiger partial charge in [0.2, 0.25) is 11.1 Å². The van der Waals surface area contributed by atoms with Crippen molar-refractivity contribution in [2.75, 3.05) is 42.9 Å². The second kappa shape index (κ2) is 9.22. The van der Waals surface area contributed by atoms with E-state index in [1.165, 1.54) is 49.2 Å². The van der Waals surface area contributed by atoms with Crippen LogP contribution in [0.2, 0.25) is 5.02 Å². The van der Waals surface area contributed by atoms with Crippen molar-refractivity contribution in [1.29, 1.82) is 0 Å². The van der Waals surface area contributed by atoms with Gasteiger partial charge in [-0.1, -0.05) is 43.0 Å². The molecule has 1 aromatic heterocycles. The van der Waals surface area contributed by atoms with Gasteiger partial charge in [0.1, 0.15) is 0 Å². The molecule has 0 spiro atoms. The van der Waals surface area contributed by atoms with Crippen molar-refractivity contribution in [3.8, 4) is 0 Å². The van der Waals surface area contributed by atoms with Crippen LogP contribution in [0, 0.1) is 0 Å². The van der Waals surface area contributed by atoms with E-state index < -0.39 is 0 Å². The van der Waals surface area contributed by atoms with Gasteiger partial charge in [0, 0.05) is 55.3 Å². The molecule has 5 nitrogen and oxygen atoms in total. The number of aromatic nitrogens is 2. The lowest BCUT2D eigenvalue weighted by Crippen LogP contribution is -2.47. The molecule has 0 bridgehead atoms. The maximum Gasteiger partial charge on any atom is 0.236 e. The molecule has 1 N–H and O–H groups in total. The Bertz CT molecular complexity index is 705. The summed E-state index contributed by atoms with van der Waals surface area (Å²) < 4.78 is 4.54. The average molecular weight is 406 g/mol. The van der Waals surface area contributed by atoms with Crippen molar-refractivity contribution in [3.05, 3.63) is 34.9 Å². The van der Waals surface area contributed by atoms with Crippen molar-refractivity contribution in [1.82, 2.24) is 14.3 Å². The van der Waals surface area contributed by atoms with E-state index in [-0.39, 0.29) is 0 Å². The van der Waals surface area contributed by atoms with Crippen LogP contribution in [0.3, 0.4) is 0 Å². The van der Waals surface area contributed by atoms with E-state index in [2.05, 4.69) is 31.6 Å². The largest absolute Gasteiger partial charge is 0.351 e. The maximum absolute atomic E-state index is 5.96. The summed E-state index contributed by atoms with van der Waals surface area (Å²) in [4.78, 5) is 9.66. The Morgan fingerprint density at radius 1 is 1.04 bits per heavy atom. The Hall–Kier alpha value is -1.37. The molecule has 1 saturated heterocycles. The third-order valence-corrected chi connectivity index (χ3v) is 6.66. The molecule has 2 aliphatic rings. The highest BCUT2D eigenvalue weighted by Crippen LogP contribution is 2.25. The highest BCUT2D eigenvalue weighted by atomic mass is 35.5. The Labute approximate surface area is 170 Å². The number of anilines is 2. The lowest BCUT2D eigenvalue weighted by molar-refractivity contribution is 0.261. The first-order valence-corrected chi connectivity index (χ1v) is 11.2. The van der Waals surface area contributed by atoms with Gasteiger partial charge in [-0.05, 0) is 37.0 Å². The minimum Gasteiger partial charge on any atom is -0.351 e. The van der Waals surface area contributed by atoms with Crippen LogP contribution in [-0.2, 0) is 6.42 Å². The molecule has 0 amide bonds. The van der Waals surface area contributed by atoms with Crippen molar-refractivity contribution in [2.24, 2.45) is 0 Å². The molecule has 7 heteroatoms. The Kier molecular flexibility index (Phi) is 6.47. The Morgan fingerprint density at radius 3 is 2.52 bits per heavy atom. The molecule has 2 fully saturated rings. The summed E-state index contributed by atoms with van der Waals surface area (Å²) in [6.07, 6.45) is 7.60. The smallest absolute Gasteiger partial charge is 0.236 e. The van der Waals surface area contributed by atoms with Crippen LogP contribution < -0.4 is 10.2 Å². The predicted octanol–water partition coefficient (Wildman–Crippen LogP) is 4.30. The van der Waals surface area contributed by atoms with Gasteiger partial charge in [0.05, 0.1) is 0 Å². The number of rotatable bonds is 6. The van der Waals surface area contributed by atoms with E-state index in [9.17, 15) is 0 Å². The molecule has 2 heterocycles. The summed E-state index contributed by atoms with van der Waals surface area (Å²) in [5.41, 5.74) is 1.35. The van der Waals surface area contributed by atoms with E-state index in [4.69, 9.17) is 16.6 Å². The molecule has 0 unspecified atom stereocenters. The van der Waals surface area contributed by atoms with Crippen molar-refractivity contribution in [2.45, 2.75) is 44.6 Å². The van der Waals surface area contributed by atoms with Crippen LogP contribution in [-0.4, -0.2) is 53.0 Å². The van der Waals surface area contributed by atoms with Crippen molar-refractivity contribution >= 4 is 34.2 Å². The highest BCUT2D eigenvalue weighted by Gasteiger charge is 2.21. The average Bonchev–Trinajstić information content (AvgIpc) is 3.17. The zero-order chi connectivity index (χ0) is 18.5. The predicted molar refractivity (Wildman–Crippen MR) is 114 cm³/mol. The van der Waals surface area contributed by atoms with Gasteiger partial charge >= 0.3 is 0 Å². The van der Waals surface area contributed by atoms with E-state index in [1.807, 2.05) is 12.1 Å². The third kappa shape index (κ3) is 5.33. The molecule has 0 radical (unpaired) electrons. The van der Waals surface area contributed by atoms with Gasteiger partial charge in [-0.3, -0.25) is 4.90 Å². The number of hydrogen-bond acceptors (Lipinski definition) is 6. The molecule has 1 aromatic carbocycles. The second-order valence-electron chi connectivity index (χ2n) is 7.58. The minimum atomic E-state index is 0.561. The van der Waals surface area contributed by atoms with Crippen LogP contribution in [0.4, 0.5) is 11.1 Å². The van der Waals surface area contributed by atoms with Gasteiger partial charge in [-0.15, -0.1) is 0 Å². The number of benzene rings is 1. The van der Waals surface area contributed by atoms with E-state index >= 15 is 0 Å². The van der Waals surface area contributed by atoms with Crippen LogP contribution in [0.5, 0.6) is 0 Å². The molecule has 1 saturated carbocycles. The number of hydrogen-bond donors (Lipinski definition) is 1. The van der Waals surface area contributed by atoms with Crippen LogP contribution >= 0.6 is 23.1 Å². The van der Waals surface area contributed by atoms with Crippen molar-refractivity contribution in [3.63, 3.8) is 0 Å². The minimum absolute atomic E-state index is 0.561. The first kappa shape index (κ1) is 19.0. The lowest BCUT2D eigenvalue weighted by Gasteiger charge is -2.34. The van der Waals surface area contributed by atoms with Crippen LogP contribution in [0.1, 0.15) is 37.7 Å². The number of halogens is 1. The van der Waals surface area contributed by atoms with Crippen LogP contribution in [0.15, 0.2) is 24.3 Å². The zero-order valence-corrected chi connectivity index (χ0v) is 17.3. The van der Waals surface area contributed by atoms with E-state index in [1.54, 1.807) is 0 Å². The summed E-state index contributed by atoms with van der Waals surface area (Å²) in [6, 6.07) is 8.76. The third-order valence-electron chi connectivity index (χ3n) is 5.63. The van der Waals surface area contributed by atoms with Gasteiger partial charge < -0.3 is 10.2 Å². The van der Waals surface area contributed by atoms with Gasteiger partial charge in [0.25, 0.3) is 0 Å². The molecule has 4 rings (SSSR count).